The van der Waals surface area contributed by atoms with Gasteiger partial charge in [0.05, 0.1) is 16.4 Å². The minimum Gasteiger partial charge on any atom is -0.309 e. The topological polar surface area (TPSA) is 89.3 Å². The third-order valence-electron chi connectivity index (χ3n) is 3.30. The molecule has 1 aliphatic heterocycles. The van der Waals surface area contributed by atoms with E-state index in [0.717, 1.165) is 6.07 Å². The van der Waals surface area contributed by atoms with Gasteiger partial charge < -0.3 is 5.32 Å². The number of halogens is 1. The van der Waals surface area contributed by atoms with Crippen LogP contribution in [-0.2, 0) is 16.4 Å². The maximum absolute atomic E-state index is 13.8. The molecule has 6 nitrogen and oxygen atoms in total. The highest BCUT2D eigenvalue weighted by molar-refractivity contribution is 7.91. The molecule has 2 rings (SSSR count). The molecule has 1 aliphatic rings. The monoisotopic (exact) mass is 302 g/mol. The number of nitrogens with zero attached hydrogens (tertiary/aromatic N) is 1. The average molecular weight is 302 g/mol. The zero-order valence-electron chi connectivity index (χ0n) is 10.7. The zero-order valence-corrected chi connectivity index (χ0v) is 11.5. The number of hydrogen-bond acceptors (Lipinski definition) is 5. The van der Waals surface area contributed by atoms with Crippen molar-refractivity contribution in [3.05, 3.63) is 39.7 Å². The van der Waals surface area contributed by atoms with Crippen molar-refractivity contribution in [3.63, 3.8) is 0 Å². The van der Waals surface area contributed by atoms with Crippen molar-refractivity contribution < 1.29 is 17.7 Å². The van der Waals surface area contributed by atoms with Gasteiger partial charge in [0.2, 0.25) is 5.82 Å². The lowest BCUT2D eigenvalue weighted by atomic mass is 10.1. The molecule has 0 saturated carbocycles. The van der Waals surface area contributed by atoms with Crippen molar-refractivity contribution in [1.29, 1.82) is 0 Å². The van der Waals surface area contributed by atoms with Crippen molar-refractivity contribution in [1.82, 2.24) is 5.32 Å². The molecular weight excluding hydrogens is 287 g/mol. The molecule has 8 heteroatoms. The Kier molecular flexibility index (Phi) is 4.34. The lowest BCUT2D eigenvalue weighted by molar-refractivity contribution is -0.387. The SMILES string of the molecule is O=[N+]([O-])c1cccc(CNC2CCCS(=O)(=O)C2)c1F. The van der Waals surface area contributed by atoms with E-state index in [4.69, 9.17) is 0 Å². The van der Waals surface area contributed by atoms with Crippen molar-refractivity contribution in [2.45, 2.75) is 25.4 Å². The first kappa shape index (κ1) is 14.9. The molecule has 0 radical (unpaired) electrons. The molecule has 1 saturated heterocycles. The smallest absolute Gasteiger partial charge is 0.305 e. The third kappa shape index (κ3) is 3.51. The Morgan fingerprint density at radius 2 is 2.20 bits per heavy atom. The van der Waals surface area contributed by atoms with Gasteiger partial charge in [-0.1, -0.05) is 12.1 Å². The van der Waals surface area contributed by atoms with E-state index in [0.29, 0.717) is 12.8 Å². The highest BCUT2D eigenvalue weighted by Crippen LogP contribution is 2.20. The van der Waals surface area contributed by atoms with E-state index in [1.54, 1.807) is 0 Å². The standard InChI is InChI=1S/C12H15FN2O4S/c13-12-9(3-1-5-11(12)15(16)17)7-14-10-4-2-6-20(18,19)8-10/h1,3,5,10,14H,2,4,6-8H2. The van der Waals surface area contributed by atoms with E-state index < -0.39 is 26.3 Å². The highest BCUT2D eigenvalue weighted by Gasteiger charge is 2.25. The predicted octanol–water partition coefficient (Wildman–Crippen LogP) is 1.40. The summed E-state index contributed by atoms with van der Waals surface area (Å²) < 4.78 is 36.8. The Hall–Kier alpha value is -1.54. The second-order valence-corrected chi connectivity index (χ2v) is 7.07. The van der Waals surface area contributed by atoms with Gasteiger partial charge >= 0.3 is 5.69 Å². The Morgan fingerprint density at radius 1 is 1.45 bits per heavy atom. The van der Waals surface area contributed by atoms with Gasteiger partial charge in [0.25, 0.3) is 0 Å². The maximum atomic E-state index is 13.8. The maximum Gasteiger partial charge on any atom is 0.305 e. The van der Waals surface area contributed by atoms with Crippen molar-refractivity contribution in [2.75, 3.05) is 11.5 Å². The first-order valence-corrected chi connectivity index (χ1v) is 8.07. The first-order valence-electron chi connectivity index (χ1n) is 6.24. The van der Waals surface area contributed by atoms with E-state index in [2.05, 4.69) is 5.32 Å². The average Bonchev–Trinajstić information content (AvgIpc) is 2.36. The van der Waals surface area contributed by atoms with Crippen molar-refractivity contribution >= 4 is 15.5 Å². The summed E-state index contributed by atoms with van der Waals surface area (Å²) in [6.07, 6.45) is 1.28. The molecule has 1 heterocycles. The van der Waals surface area contributed by atoms with Crippen LogP contribution in [0.15, 0.2) is 18.2 Å². The van der Waals surface area contributed by atoms with Crippen LogP contribution >= 0.6 is 0 Å². The summed E-state index contributed by atoms with van der Waals surface area (Å²) in [6, 6.07) is 3.74. The first-order chi connectivity index (χ1) is 9.39. The summed E-state index contributed by atoms with van der Waals surface area (Å²) >= 11 is 0. The number of benzene rings is 1. The van der Waals surface area contributed by atoms with Crippen LogP contribution < -0.4 is 5.32 Å². The highest BCUT2D eigenvalue weighted by atomic mass is 32.2. The molecule has 0 aromatic heterocycles. The summed E-state index contributed by atoms with van der Waals surface area (Å²) in [7, 11) is -3.03. The minimum atomic E-state index is -3.03. The summed E-state index contributed by atoms with van der Waals surface area (Å²) in [5.74, 6) is -0.649. The molecule has 1 atom stereocenters. The van der Waals surface area contributed by atoms with Gasteiger partial charge in [0.15, 0.2) is 9.84 Å². The van der Waals surface area contributed by atoms with Crippen LogP contribution in [0, 0.1) is 15.9 Å². The van der Waals surface area contributed by atoms with Crippen molar-refractivity contribution in [2.24, 2.45) is 0 Å². The third-order valence-corrected chi connectivity index (χ3v) is 5.12. The van der Waals surface area contributed by atoms with Gasteiger partial charge in [-0.05, 0) is 12.8 Å². The Labute approximate surface area is 116 Å². The normalized spacial score (nSPS) is 21.6. The van der Waals surface area contributed by atoms with Gasteiger partial charge in [0.1, 0.15) is 0 Å². The van der Waals surface area contributed by atoms with Gasteiger partial charge in [0, 0.05) is 24.2 Å². The fourth-order valence-corrected chi connectivity index (χ4v) is 3.95. The van der Waals surface area contributed by atoms with Crippen LogP contribution in [0.3, 0.4) is 0 Å². The lowest BCUT2D eigenvalue weighted by Gasteiger charge is -2.23. The molecule has 0 spiro atoms. The van der Waals surface area contributed by atoms with Crippen LogP contribution in [0.4, 0.5) is 10.1 Å². The molecule has 1 aromatic rings. The van der Waals surface area contributed by atoms with E-state index in [1.807, 2.05) is 0 Å². The second-order valence-electron chi connectivity index (χ2n) is 4.84. The lowest BCUT2D eigenvalue weighted by Crippen LogP contribution is -2.39. The van der Waals surface area contributed by atoms with Gasteiger partial charge in [-0.25, -0.2) is 8.42 Å². The van der Waals surface area contributed by atoms with Crippen LogP contribution in [0.5, 0.6) is 0 Å². The largest absolute Gasteiger partial charge is 0.309 e. The molecule has 0 amide bonds. The quantitative estimate of drug-likeness (QED) is 0.671. The zero-order chi connectivity index (χ0) is 14.8. The Balaban J connectivity index is 2.04. The van der Waals surface area contributed by atoms with Gasteiger partial charge in [-0.15, -0.1) is 0 Å². The summed E-state index contributed by atoms with van der Waals surface area (Å²) in [4.78, 5) is 9.86. The number of nitro benzene ring substituents is 1. The minimum absolute atomic E-state index is 0.0313. The summed E-state index contributed by atoms with van der Waals surface area (Å²) in [5, 5.41) is 13.6. The second kappa shape index (κ2) is 5.84. The summed E-state index contributed by atoms with van der Waals surface area (Å²) in [5.41, 5.74) is -0.400. The molecule has 0 bridgehead atoms. The number of rotatable bonds is 4. The van der Waals surface area contributed by atoms with Crippen LogP contribution in [0.25, 0.3) is 0 Å². The number of sulfone groups is 1. The number of hydrogen-bond donors (Lipinski definition) is 1. The van der Waals surface area contributed by atoms with Crippen molar-refractivity contribution in [3.8, 4) is 0 Å². The molecule has 20 heavy (non-hydrogen) atoms. The molecule has 1 unspecified atom stereocenters. The predicted molar refractivity (Wildman–Crippen MR) is 71.6 cm³/mol. The molecule has 0 aliphatic carbocycles. The van der Waals surface area contributed by atoms with E-state index >= 15 is 0 Å². The Morgan fingerprint density at radius 3 is 2.85 bits per heavy atom. The van der Waals surface area contributed by atoms with E-state index in [-0.39, 0.29) is 29.7 Å². The molecule has 1 fully saturated rings. The fourth-order valence-electron chi connectivity index (χ4n) is 2.28. The molecule has 1 aromatic carbocycles. The van der Waals surface area contributed by atoms with Gasteiger partial charge in [-0.3, -0.25) is 10.1 Å². The number of nitrogens with one attached hydrogen (secondary N) is 1. The van der Waals surface area contributed by atoms with Crippen LogP contribution in [0.1, 0.15) is 18.4 Å². The van der Waals surface area contributed by atoms with Crippen LogP contribution in [-0.4, -0.2) is 30.9 Å². The fraction of sp³-hybridized carbons (Fsp3) is 0.500. The Bertz CT molecular complexity index is 618. The summed E-state index contributed by atoms with van der Waals surface area (Å²) in [6.45, 7) is 0.0771. The molecule has 110 valence electrons. The number of nitro groups is 1. The molecular formula is C12H15FN2O4S. The van der Waals surface area contributed by atoms with E-state index in [1.165, 1.54) is 12.1 Å². The van der Waals surface area contributed by atoms with Crippen LogP contribution in [0.2, 0.25) is 0 Å². The van der Waals surface area contributed by atoms with E-state index in [9.17, 15) is 22.9 Å². The van der Waals surface area contributed by atoms with Gasteiger partial charge in [-0.2, -0.15) is 4.39 Å². The molecule has 1 N–H and O–H groups in total.